The molecule has 0 atom stereocenters. The van der Waals surface area contributed by atoms with Gasteiger partial charge in [0, 0.05) is 23.3 Å². The molecule has 0 aliphatic carbocycles. The van der Waals surface area contributed by atoms with Crippen LogP contribution in [0.4, 0.5) is 11.4 Å². The molecule has 1 aromatic carbocycles. The highest BCUT2D eigenvalue weighted by Gasteiger charge is 2.08. The van der Waals surface area contributed by atoms with Gasteiger partial charge in [-0.25, -0.2) is 9.97 Å². The number of benzene rings is 1. The smallest absolute Gasteiger partial charge is 0.234 e. The molecule has 1 amide bonds. The highest BCUT2D eigenvalue weighted by Crippen LogP contribution is 2.21. The van der Waals surface area contributed by atoms with Gasteiger partial charge in [0.2, 0.25) is 5.91 Å². The third kappa shape index (κ3) is 3.71. The first-order valence-corrected chi connectivity index (χ1v) is 7.12. The lowest BCUT2D eigenvalue weighted by Gasteiger charge is -2.09. The van der Waals surface area contributed by atoms with Gasteiger partial charge >= 0.3 is 0 Å². The van der Waals surface area contributed by atoms with Crippen LogP contribution in [-0.4, -0.2) is 21.6 Å². The summed E-state index contributed by atoms with van der Waals surface area (Å²) in [5.41, 5.74) is 8.96. The molecule has 3 N–H and O–H groups in total. The first-order valence-electron chi connectivity index (χ1n) is 6.13. The number of carbonyl (C=O) groups excluding carboxylic acids is 1. The van der Waals surface area contributed by atoms with Crippen LogP contribution in [-0.2, 0) is 4.79 Å². The van der Waals surface area contributed by atoms with E-state index >= 15 is 0 Å². The molecular formula is C14H16N4OS. The molecule has 0 saturated heterocycles. The lowest BCUT2D eigenvalue weighted by Crippen LogP contribution is -2.15. The lowest BCUT2D eigenvalue weighted by molar-refractivity contribution is -0.113. The number of nitrogens with one attached hydrogen (secondary N) is 1. The molecule has 0 aliphatic rings. The number of anilines is 2. The fourth-order valence-corrected chi connectivity index (χ4v) is 2.28. The molecule has 0 fully saturated rings. The van der Waals surface area contributed by atoms with Crippen molar-refractivity contribution in [2.45, 2.75) is 19.0 Å². The van der Waals surface area contributed by atoms with Crippen molar-refractivity contribution in [3.63, 3.8) is 0 Å². The summed E-state index contributed by atoms with van der Waals surface area (Å²) in [6.45, 7) is 3.77. The third-order valence-corrected chi connectivity index (χ3v) is 3.62. The van der Waals surface area contributed by atoms with Crippen molar-refractivity contribution in [2.24, 2.45) is 0 Å². The number of aromatic nitrogens is 2. The van der Waals surface area contributed by atoms with Crippen molar-refractivity contribution in [3.8, 4) is 0 Å². The third-order valence-electron chi connectivity index (χ3n) is 2.75. The van der Waals surface area contributed by atoms with Crippen LogP contribution >= 0.6 is 11.8 Å². The zero-order chi connectivity index (χ0) is 14.5. The maximum absolute atomic E-state index is 11.9. The number of thioether (sulfide) groups is 1. The van der Waals surface area contributed by atoms with Crippen molar-refractivity contribution in [3.05, 3.63) is 41.7 Å². The van der Waals surface area contributed by atoms with E-state index < -0.39 is 0 Å². The Kier molecular flexibility index (Phi) is 4.57. The minimum absolute atomic E-state index is 0.103. The summed E-state index contributed by atoms with van der Waals surface area (Å²) in [5, 5.41) is 3.44. The van der Waals surface area contributed by atoms with Crippen LogP contribution in [0.2, 0.25) is 0 Å². The highest BCUT2D eigenvalue weighted by atomic mass is 32.2. The monoisotopic (exact) mass is 288 g/mol. The molecule has 20 heavy (non-hydrogen) atoms. The van der Waals surface area contributed by atoms with Crippen LogP contribution < -0.4 is 11.1 Å². The average molecular weight is 288 g/mol. The van der Waals surface area contributed by atoms with E-state index in [1.807, 2.05) is 32.0 Å². The Labute approximate surface area is 122 Å². The van der Waals surface area contributed by atoms with Crippen LogP contribution in [0.3, 0.4) is 0 Å². The molecule has 1 heterocycles. The number of amides is 1. The molecule has 1 aromatic heterocycles. The second kappa shape index (κ2) is 6.38. The van der Waals surface area contributed by atoms with E-state index in [0.29, 0.717) is 10.8 Å². The molecule has 0 unspecified atom stereocenters. The Morgan fingerprint density at radius 2 is 2.15 bits per heavy atom. The zero-order valence-electron chi connectivity index (χ0n) is 11.4. The van der Waals surface area contributed by atoms with E-state index in [-0.39, 0.29) is 11.7 Å². The predicted octanol–water partition coefficient (Wildman–Crippen LogP) is 2.41. The van der Waals surface area contributed by atoms with Gasteiger partial charge in [0.25, 0.3) is 0 Å². The Balaban J connectivity index is 1.94. The number of hydrogen-bond donors (Lipinski definition) is 2. The standard InChI is InChI=1S/C14H16N4OS/c1-9-6-7-16-14(17-9)20-8-13(19)18-12-5-3-4-11(15)10(12)2/h3-7H,8,15H2,1-2H3,(H,18,19). The van der Waals surface area contributed by atoms with Gasteiger partial charge in [-0.05, 0) is 37.6 Å². The zero-order valence-corrected chi connectivity index (χ0v) is 12.2. The van der Waals surface area contributed by atoms with Crippen LogP contribution in [0.15, 0.2) is 35.6 Å². The molecule has 104 valence electrons. The first kappa shape index (κ1) is 14.3. The number of rotatable bonds is 4. The number of carbonyl (C=O) groups is 1. The molecule has 2 rings (SSSR count). The molecule has 0 bridgehead atoms. The van der Waals surface area contributed by atoms with Gasteiger partial charge in [-0.1, -0.05) is 17.8 Å². The van der Waals surface area contributed by atoms with Crippen molar-refractivity contribution in [1.82, 2.24) is 9.97 Å². The van der Waals surface area contributed by atoms with Gasteiger partial charge in [-0.15, -0.1) is 0 Å². The summed E-state index contributed by atoms with van der Waals surface area (Å²) in [5.74, 6) is 0.159. The molecule has 0 spiro atoms. The quantitative estimate of drug-likeness (QED) is 0.513. The lowest BCUT2D eigenvalue weighted by atomic mass is 10.1. The van der Waals surface area contributed by atoms with Crippen LogP contribution in [0.25, 0.3) is 0 Å². The predicted molar refractivity (Wildman–Crippen MR) is 81.7 cm³/mol. The summed E-state index contributed by atoms with van der Waals surface area (Å²) >= 11 is 1.31. The average Bonchev–Trinajstić information content (AvgIpc) is 2.42. The highest BCUT2D eigenvalue weighted by molar-refractivity contribution is 7.99. The van der Waals surface area contributed by atoms with Gasteiger partial charge in [0.05, 0.1) is 5.75 Å². The molecule has 0 saturated carbocycles. The SMILES string of the molecule is Cc1ccnc(SCC(=O)Nc2cccc(N)c2C)n1. The van der Waals surface area contributed by atoms with Crippen LogP contribution in [0.1, 0.15) is 11.3 Å². The maximum Gasteiger partial charge on any atom is 0.234 e. The van der Waals surface area contributed by atoms with Gasteiger partial charge in [-0.2, -0.15) is 0 Å². The summed E-state index contributed by atoms with van der Waals surface area (Å²) in [7, 11) is 0. The Morgan fingerprint density at radius 1 is 1.35 bits per heavy atom. The van der Waals surface area contributed by atoms with E-state index in [2.05, 4.69) is 15.3 Å². The van der Waals surface area contributed by atoms with Crippen molar-refractivity contribution in [1.29, 1.82) is 0 Å². The molecule has 5 nitrogen and oxygen atoms in total. The van der Waals surface area contributed by atoms with Gasteiger partial charge in [-0.3, -0.25) is 4.79 Å². The summed E-state index contributed by atoms with van der Waals surface area (Å²) in [6, 6.07) is 7.27. The molecule has 0 radical (unpaired) electrons. The first-order chi connectivity index (χ1) is 9.56. The van der Waals surface area contributed by atoms with E-state index in [1.165, 1.54) is 11.8 Å². The van der Waals surface area contributed by atoms with Crippen LogP contribution in [0.5, 0.6) is 0 Å². The molecule has 2 aromatic rings. The summed E-state index contributed by atoms with van der Waals surface area (Å²) < 4.78 is 0. The number of hydrogen-bond acceptors (Lipinski definition) is 5. The molecule has 6 heteroatoms. The molecular weight excluding hydrogens is 272 g/mol. The summed E-state index contributed by atoms with van der Waals surface area (Å²) in [4.78, 5) is 20.2. The normalized spacial score (nSPS) is 10.3. The second-order valence-corrected chi connectivity index (χ2v) is 5.28. The summed E-state index contributed by atoms with van der Waals surface area (Å²) in [6.07, 6.45) is 1.69. The van der Waals surface area contributed by atoms with E-state index in [4.69, 9.17) is 5.73 Å². The van der Waals surface area contributed by atoms with Crippen molar-refractivity contribution < 1.29 is 4.79 Å². The van der Waals surface area contributed by atoms with E-state index in [1.54, 1.807) is 12.3 Å². The number of aryl methyl sites for hydroxylation is 1. The second-order valence-electron chi connectivity index (χ2n) is 4.34. The Morgan fingerprint density at radius 3 is 2.90 bits per heavy atom. The van der Waals surface area contributed by atoms with Crippen molar-refractivity contribution in [2.75, 3.05) is 16.8 Å². The minimum atomic E-state index is -0.103. The van der Waals surface area contributed by atoms with Crippen LogP contribution in [0, 0.1) is 13.8 Å². The van der Waals surface area contributed by atoms with Crippen molar-refractivity contribution >= 4 is 29.0 Å². The van der Waals surface area contributed by atoms with Gasteiger partial charge in [0.1, 0.15) is 0 Å². The number of nitrogen functional groups attached to an aromatic ring is 1. The number of nitrogens with zero attached hydrogens (tertiary/aromatic N) is 2. The van der Waals surface area contributed by atoms with Gasteiger partial charge in [0.15, 0.2) is 5.16 Å². The number of nitrogens with two attached hydrogens (primary N) is 1. The van der Waals surface area contributed by atoms with Gasteiger partial charge < -0.3 is 11.1 Å². The molecule has 0 aliphatic heterocycles. The topological polar surface area (TPSA) is 80.9 Å². The fraction of sp³-hybridized carbons (Fsp3) is 0.214. The van der Waals surface area contributed by atoms with E-state index in [0.717, 1.165) is 16.9 Å². The Bertz CT molecular complexity index is 630. The Hall–Kier alpha value is -2.08. The maximum atomic E-state index is 11.9. The largest absolute Gasteiger partial charge is 0.398 e. The minimum Gasteiger partial charge on any atom is -0.398 e. The van der Waals surface area contributed by atoms with E-state index in [9.17, 15) is 4.79 Å². The fourth-order valence-electron chi connectivity index (χ4n) is 1.60.